The van der Waals surface area contributed by atoms with Gasteiger partial charge in [0.05, 0.1) is 13.7 Å². The highest BCUT2D eigenvalue weighted by molar-refractivity contribution is 5.76. The van der Waals surface area contributed by atoms with Crippen molar-refractivity contribution in [3.05, 3.63) is 52.6 Å². The molecule has 0 aliphatic rings. The number of hydrogen-bond donors (Lipinski definition) is 1. The monoisotopic (exact) mass is 297 g/mol. The van der Waals surface area contributed by atoms with Gasteiger partial charge >= 0.3 is 0 Å². The van der Waals surface area contributed by atoms with E-state index in [9.17, 15) is 10.0 Å². The number of fused-ring (bicyclic) bond motifs is 1. The summed E-state index contributed by atoms with van der Waals surface area (Å²) in [5, 5.41) is 12.5. The molecule has 0 bridgehead atoms. The fourth-order valence-corrected chi connectivity index (χ4v) is 2.54. The Labute approximate surface area is 127 Å². The van der Waals surface area contributed by atoms with Gasteiger partial charge in [0.25, 0.3) is 0 Å². The van der Waals surface area contributed by atoms with Crippen molar-refractivity contribution >= 4 is 11.5 Å². The van der Waals surface area contributed by atoms with Crippen molar-refractivity contribution in [2.75, 3.05) is 7.11 Å². The van der Waals surface area contributed by atoms with Crippen LogP contribution in [0, 0.1) is 11.8 Å². The molecule has 3 rings (SSSR count). The van der Waals surface area contributed by atoms with Crippen molar-refractivity contribution in [3.8, 4) is 17.0 Å². The second-order valence-corrected chi connectivity index (χ2v) is 4.94. The van der Waals surface area contributed by atoms with Gasteiger partial charge in [0.1, 0.15) is 17.1 Å². The molecule has 0 aliphatic heterocycles. The Morgan fingerprint density at radius 3 is 2.82 bits per heavy atom. The van der Waals surface area contributed by atoms with Crippen LogP contribution in [0.15, 0.2) is 41.7 Å². The van der Waals surface area contributed by atoms with Gasteiger partial charge in [-0.1, -0.05) is 6.07 Å². The van der Waals surface area contributed by atoms with E-state index in [0.29, 0.717) is 16.9 Å². The molecule has 0 atom stereocenters. The highest BCUT2D eigenvalue weighted by Crippen LogP contribution is 2.34. The second-order valence-electron chi connectivity index (χ2n) is 4.94. The first-order chi connectivity index (χ1) is 10.7. The highest BCUT2D eigenvalue weighted by Gasteiger charge is 2.17. The molecule has 1 aromatic carbocycles. The third-order valence-corrected chi connectivity index (χ3v) is 3.63. The molecule has 6 nitrogen and oxygen atoms in total. The molecule has 0 saturated carbocycles. The zero-order valence-corrected chi connectivity index (χ0v) is 12.3. The Morgan fingerprint density at radius 1 is 1.36 bits per heavy atom. The summed E-state index contributed by atoms with van der Waals surface area (Å²) in [6, 6.07) is 9.07. The maximum absolute atomic E-state index is 11.3. The van der Waals surface area contributed by atoms with E-state index in [4.69, 9.17) is 4.74 Å². The summed E-state index contributed by atoms with van der Waals surface area (Å²) in [7, 11) is 1.61. The lowest BCUT2D eigenvalue weighted by Gasteiger charge is -2.05. The maximum atomic E-state index is 11.3. The number of aliphatic hydroxyl groups excluding tert-OH is 1. The summed E-state index contributed by atoms with van der Waals surface area (Å²) in [5.41, 5.74) is 3.38. The fourth-order valence-electron chi connectivity index (χ4n) is 2.54. The lowest BCUT2D eigenvalue weighted by atomic mass is 10.1. The van der Waals surface area contributed by atoms with E-state index in [1.165, 1.54) is 0 Å². The van der Waals surface area contributed by atoms with Crippen LogP contribution in [0.1, 0.15) is 11.1 Å². The number of hydrogen-bond acceptors (Lipinski definition) is 5. The predicted molar refractivity (Wildman–Crippen MR) is 83.3 cm³/mol. The summed E-state index contributed by atoms with van der Waals surface area (Å²) in [6.07, 6.45) is 1.71. The first-order valence-corrected chi connectivity index (χ1v) is 6.78. The third-order valence-electron chi connectivity index (χ3n) is 3.63. The predicted octanol–water partition coefficient (Wildman–Crippen LogP) is 3.21. The maximum Gasteiger partial charge on any atom is 0.209 e. The quantitative estimate of drug-likeness (QED) is 0.750. The molecular formula is C16H15N3O3. The van der Waals surface area contributed by atoms with Crippen molar-refractivity contribution in [3.63, 3.8) is 0 Å². The third kappa shape index (κ3) is 2.14. The Bertz CT molecular complexity index is 855. The van der Waals surface area contributed by atoms with Crippen LogP contribution in [0.3, 0.4) is 0 Å². The molecule has 0 spiro atoms. The average Bonchev–Trinajstić information content (AvgIpc) is 2.93. The van der Waals surface area contributed by atoms with Crippen LogP contribution in [0.2, 0.25) is 0 Å². The van der Waals surface area contributed by atoms with Crippen LogP contribution < -0.4 is 4.74 Å². The Balaban J connectivity index is 2.26. The fraction of sp³-hybridized carbons (Fsp3) is 0.188. The van der Waals surface area contributed by atoms with E-state index in [1.807, 2.05) is 25.1 Å². The number of aryl methyl sites for hydroxylation is 1. The molecule has 3 aromatic rings. The minimum Gasteiger partial charge on any atom is -0.496 e. The van der Waals surface area contributed by atoms with E-state index in [1.54, 1.807) is 29.8 Å². The smallest absolute Gasteiger partial charge is 0.209 e. The SMILES string of the molecule is COc1ccc(-c2nc3c(CO)cccn3c2N=O)cc1C. The van der Waals surface area contributed by atoms with E-state index >= 15 is 0 Å². The average molecular weight is 297 g/mol. The lowest BCUT2D eigenvalue weighted by molar-refractivity contribution is 0.282. The number of pyridine rings is 1. The summed E-state index contributed by atoms with van der Waals surface area (Å²) in [4.78, 5) is 15.8. The van der Waals surface area contributed by atoms with Crippen LogP contribution >= 0.6 is 0 Å². The van der Waals surface area contributed by atoms with E-state index in [0.717, 1.165) is 16.9 Å². The van der Waals surface area contributed by atoms with Crippen LogP contribution in [-0.4, -0.2) is 21.6 Å². The number of imidazole rings is 1. The van der Waals surface area contributed by atoms with Crippen LogP contribution in [0.25, 0.3) is 16.9 Å². The van der Waals surface area contributed by atoms with E-state index in [2.05, 4.69) is 10.2 Å². The van der Waals surface area contributed by atoms with Gasteiger partial charge in [-0.3, -0.25) is 4.40 Å². The number of nitrogens with zero attached hydrogens (tertiary/aromatic N) is 3. The van der Waals surface area contributed by atoms with E-state index < -0.39 is 0 Å². The number of nitroso groups, excluding NO2 is 1. The molecule has 1 N–H and O–H groups in total. The minimum atomic E-state index is -0.152. The first kappa shape index (κ1) is 14.2. The molecule has 0 radical (unpaired) electrons. The number of aliphatic hydroxyl groups is 1. The van der Waals surface area contributed by atoms with Gasteiger partial charge in [-0.25, -0.2) is 4.98 Å². The molecular weight excluding hydrogens is 282 g/mol. The van der Waals surface area contributed by atoms with Gasteiger partial charge in [-0.2, -0.15) is 0 Å². The van der Waals surface area contributed by atoms with Gasteiger partial charge in [0.2, 0.25) is 5.82 Å². The molecule has 0 fully saturated rings. The Hall–Kier alpha value is -2.73. The molecule has 22 heavy (non-hydrogen) atoms. The topological polar surface area (TPSA) is 76.2 Å². The van der Waals surface area contributed by atoms with Crippen molar-refractivity contribution in [2.24, 2.45) is 5.18 Å². The summed E-state index contributed by atoms with van der Waals surface area (Å²) >= 11 is 0. The number of rotatable bonds is 4. The number of benzene rings is 1. The Morgan fingerprint density at radius 2 is 2.18 bits per heavy atom. The lowest BCUT2D eigenvalue weighted by Crippen LogP contribution is -1.90. The number of aromatic nitrogens is 2. The van der Waals surface area contributed by atoms with Crippen molar-refractivity contribution in [1.29, 1.82) is 0 Å². The molecule has 0 aliphatic carbocycles. The van der Waals surface area contributed by atoms with Gasteiger partial charge in [0, 0.05) is 17.3 Å². The standard InChI is InChI=1S/C16H15N3O3/c1-10-8-11(5-6-13(10)22-2)14-16(18-21)19-7-3-4-12(9-20)15(19)17-14/h3-8,20H,9H2,1-2H3. The van der Waals surface area contributed by atoms with E-state index in [-0.39, 0.29) is 12.4 Å². The molecule has 0 unspecified atom stereocenters. The van der Waals surface area contributed by atoms with Gasteiger partial charge in [-0.15, -0.1) is 4.91 Å². The van der Waals surface area contributed by atoms with Crippen molar-refractivity contribution in [1.82, 2.24) is 9.38 Å². The largest absolute Gasteiger partial charge is 0.496 e. The van der Waals surface area contributed by atoms with Crippen LogP contribution in [0.4, 0.5) is 5.82 Å². The summed E-state index contributed by atoms with van der Waals surface area (Å²) < 4.78 is 6.83. The molecule has 0 saturated heterocycles. The molecule has 2 heterocycles. The van der Waals surface area contributed by atoms with Gasteiger partial charge in [-0.05, 0) is 41.9 Å². The van der Waals surface area contributed by atoms with Crippen molar-refractivity contribution in [2.45, 2.75) is 13.5 Å². The zero-order valence-electron chi connectivity index (χ0n) is 12.3. The Kier molecular flexibility index (Phi) is 3.60. The summed E-state index contributed by atoms with van der Waals surface area (Å²) in [6.45, 7) is 1.77. The molecule has 2 aromatic heterocycles. The second kappa shape index (κ2) is 5.57. The highest BCUT2D eigenvalue weighted by atomic mass is 16.5. The zero-order chi connectivity index (χ0) is 15.7. The van der Waals surface area contributed by atoms with Gasteiger partial charge < -0.3 is 9.84 Å². The van der Waals surface area contributed by atoms with Crippen molar-refractivity contribution < 1.29 is 9.84 Å². The molecule has 6 heteroatoms. The van der Waals surface area contributed by atoms with Crippen LogP contribution in [-0.2, 0) is 6.61 Å². The minimum absolute atomic E-state index is 0.152. The van der Waals surface area contributed by atoms with Crippen LogP contribution in [0.5, 0.6) is 5.75 Å². The summed E-state index contributed by atoms with van der Waals surface area (Å²) in [5.74, 6) is 0.985. The molecule has 0 amide bonds. The van der Waals surface area contributed by atoms with Gasteiger partial charge in [0.15, 0.2) is 0 Å². The molecule has 112 valence electrons. The number of methoxy groups -OCH3 is 1. The normalized spacial score (nSPS) is 10.9. The number of ether oxygens (including phenoxy) is 1. The first-order valence-electron chi connectivity index (χ1n) is 6.78.